The molecule has 0 saturated heterocycles. The second kappa shape index (κ2) is 6.53. The predicted molar refractivity (Wildman–Crippen MR) is 77.2 cm³/mol. The van der Waals surface area contributed by atoms with E-state index in [-0.39, 0.29) is 17.8 Å². The Kier molecular flexibility index (Phi) is 4.92. The average Bonchev–Trinajstić information content (AvgIpc) is 2.88. The molecule has 0 atom stereocenters. The van der Waals surface area contributed by atoms with Crippen LogP contribution in [0.4, 0.5) is 18.9 Å². The lowest BCUT2D eigenvalue weighted by Crippen LogP contribution is -2.11. The third-order valence-electron chi connectivity index (χ3n) is 2.73. The summed E-state index contributed by atoms with van der Waals surface area (Å²) in [6, 6.07) is 2.78. The van der Waals surface area contributed by atoms with E-state index in [4.69, 9.17) is 11.6 Å². The zero-order valence-corrected chi connectivity index (χ0v) is 12.8. The number of carbonyl (C=O) groups excluding carboxylic acids is 1. The molecular formula is C13H10ClF3N2O2S. The topological polar surface area (TPSA) is 51.2 Å². The van der Waals surface area contributed by atoms with Gasteiger partial charge in [0.2, 0.25) is 0 Å². The van der Waals surface area contributed by atoms with Crippen LogP contribution in [-0.2, 0) is 17.5 Å². The molecule has 1 aromatic carbocycles. The smallest absolute Gasteiger partial charge is 0.416 e. The van der Waals surface area contributed by atoms with Crippen molar-refractivity contribution in [1.82, 2.24) is 4.98 Å². The number of methoxy groups -OCH3 is 1. The first-order valence-corrected chi connectivity index (χ1v) is 7.14. The highest BCUT2D eigenvalue weighted by molar-refractivity contribution is 7.15. The summed E-state index contributed by atoms with van der Waals surface area (Å²) in [5.41, 5.74) is -0.803. The van der Waals surface area contributed by atoms with Gasteiger partial charge in [0.25, 0.3) is 0 Å². The zero-order valence-electron chi connectivity index (χ0n) is 11.2. The maximum Gasteiger partial charge on any atom is 0.416 e. The number of aromatic nitrogens is 1. The van der Waals surface area contributed by atoms with E-state index in [0.717, 1.165) is 30.2 Å². The third-order valence-corrected chi connectivity index (χ3v) is 3.85. The van der Waals surface area contributed by atoms with Gasteiger partial charge in [0.15, 0.2) is 4.47 Å². The van der Waals surface area contributed by atoms with Crippen molar-refractivity contribution in [3.05, 3.63) is 44.9 Å². The quantitative estimate of drug-likeness (QED) is 0.839. The minimum absolute atomic E-state index is 0.0195. The summed E-state index contributed by atoms with van der Waals surface area (Å²) in [5, 5.41) is 2.78. The second-order valence-electron chi connectivity index (χ2n) is 4.18. The van der Waals surface area contributed by atoms with Crippen LogP contribution in [0.2, 0.25) is 4.47 Å². The Hall–Kier alpha value is -1.80. The lowest BCUT2D eigenvalue weighted by molar-refractivity contribution is -0.137. The molecule has 0 saturated carbocycles. The number of nitrogens with zero attached hydrogens (tertiary/aromatic N) is 1. The number of carbonyl (C=O) groups is 1. The lowest BCUT2D eigenvalue weighted by Gasteiger charge is -2.13. The fourth-order valence-electron chi connectivity index (χ4n) is 1.70. The Balaban J connectivity index is 2.30. The van der Waals surface area contributed by atoms with E-state index in [0.29, 0.717) is 4.47 Å². The van der Waals surface area contributed by atoms with Crippen LogP contribution in [-0.4, -0.2) is 18.1 Å². The third kappa shape index (κ3) is 3.89. The average molecular weight is 351 g/mol. The van der Waals surface area contributed by atoms with Gasteiger partial charge in [-0.15, -0.1) is 11.3 Å². The van der Waals surface area contributed by atoms with Gasteiger partial charge in [-0.2, -0.15) is 13.2 Å². The van der Waals surface area contributed by atoms with Gasteiger partial charge < -0.3 is 10.1 Å². The van der Waals surface area contributed by atoms with E-state index in [2.05, 4.69) is 15.0 Å². The molecule has 0 unspecified atom stereocenters. The molecule has 4 nitrogen and oxygen atoms in total. The summed E-state index contributed by atoms with van der Waals surface area (Å²) in [5.74, 6) is -0.724. The van der Waals surface area contributed by atoms with Crippen molar-refractivity contribution in [2.24, 2.45) is 0 Å². The maximum absolute atomic E-state index is 12.8. The number of alkyl halides is 3. The Morgan fingerprint density at radius 3 is 2.73 bits per heavy atom. The van der Waals surface area contributed by atoms with Crippen molar-refractivity contribution in [2.75, 3.05) is 12.4 Å². The number of benzene rings is 1. The number of ether oxygens (including phenoxy) is 1. The Morgan fingerprint density at radius 2 is 2.18 bits per heavy atom. The monoisotopic (exact) mass is 350 g/mol. The fraction of sp³-hybridized carbons (Fsp3) is 0.231. The molecule has 0 radical (unpaired) electrons. The van der Waals surface area contributed by atoms with Crippen LogP contribution in [0.5, 0.6) is 0 Å². The summed E-state index contributed by atoms with van der Waals surface area (Å²) in [6.07, 6.45) is -3.00. The van der Waals surface area contributed by atoms with E-state index in [1.165, 1.54) is 17.5 Å². The van der Waals surface area contributed by atoms with Gasteiger partial charge in [-0.25, -0.2) is 9.78 Å². The highest BCUT2D eigenvalue weighted by Gasteiger charge is 2.31. The summed E-state index contributed by atoms with van der Waals surface area (Å²) in [6.45, 7) is 0.190. The van der Waals surface area contributed by atoms with Gasteiger partial charge in [0.05, 0.1) is 24.8 Å². The van der Waals surface area contributed by atoms with Crippen LogP contribution in [0.3, 0.4) is 0 Å². The molecule has 0 spiro atoms. The number of anilines is 1. The van der Waals surface area contributed by atoms with Gasteiger partial charge in [-0.3, -0.25) is 0 Å². The summed E-state index contributed by atoms with van der Waals surface area (Å²) in [4.78, 5) is 16.2. The van der Waals surface area contributed by atoms with Gasteiger partial charge in [0.1, 0.15) is 0 Å². The Morgan fingerprint density at radius 1 is 1.45 bits per heavy atom. The maximum atomic E-state index is 12.8. The van der Waals surface area contributed by atoms with Crippen molar-refractivity contribution < 1.29 is 22.7 Å². The van der Waals surface area contributed by atoms with E-state index in [1.54, 1.807) is 0 Å². The van der Waals surface area contributed by atoms with E-state index >= 15 is 0 Å². The zero-order chi connectivity index (χ0) is 16.3. The summed E-state index contributed by atoms with van der Waals surface area (Å²) >= 11 is 6.88. The largest absolute Gasteiger partial charge is 0.465 e. The number of halogens is 4. The molecule has 1 N–H and O–H groups in total. The van der Waals surface area contributed by atoms with Crippen LogP contribution in [0.1, 0.15) is 20.8 Å². The number of nitrogens with one attached hydrogen (secondary N) is 1. The molecule has 0 aliphatic carbocycles. The van der Waals surface area contributed by atoms with Crippen molar-refractivity contribution in [2.45, 2.75) is 12.7 Å². The molecule has 118 valence electrons. The van der Waals surface area contributed by atoms with Crippen LogP contribution in [0.15, 0.2) is 24.4 Å². The first-order chi connectivity index (χ1) is 10.3. The van der Waals surface area contributed by atoms with Gasteiger partial charge in [0, 0.05) is 16.8 Å². The molecule has 0 fully saturated rings. The Labute approximate surface area is 132 Å². The molecule has 0 aliphatic heterocycles. The summed E-state index contributed by atoms with van der Waals surface area (Å²) in [7, 11) is 1.16. The molecule has 0 bridgehead atoms. The molecule has 0 amide bonds. The minimum Gasteiger partial charge on any atom is -0.465 e. The van der Waals surface area contributed by atoms with Gasteiger partial charge in [-0.1, -0.05) is 11.6 Å². The summed E-state index contributed by atoms with van der Waals surface area (Å²) < 4.78 is 43.2. The van der Waals surface area contributed by atoms with Crippen molar-refractivity contribution >= 4 is 34.6 Å². The van der Waals surface area contributed by atoms with Crippen LogP contribution < -0.4 is 5.32 Å². The number of esters is 1. The molecule has 0 aliphatic rings. The van der Waals surface area contributed by atoms with Crippen molar-refractivity contribution in [3.63, 3.8) is 0 Å². The molecular weight excluding hydrogens is 341 g/mol. The second-order valence-corrected chi connectivity index (χ2v) is 5.88. The van der Waals surface area contributed by atoms with E-state index < -0.39 is 17.7 Å². The molecule has 22 heavy (non-hydrogen) atoms. The fourth-order valence-corrected chi connectivity index (χ4v) is 2.62. The van der Waals surface area contributed by atoms with Crippen LogP contribution in [0, 0.1) is 0 Å². The lowest BCUT2D eigenvalue weighted by atomic mass is 10.1. The molecule has 2 aromatic rings. The molecule has 1 aromatic heterocycles. The normalized spacial score (nSPS) is 11.3. The molecule has 1 heterocycles. The van der Waals surface area contributed by atoms with Gasteiger partial charge in [-0.05, 0) is 18.2 Å². The van der Waals surface area contributed by atoms with Crippen LogP contribution in [0.25, 0.3) is 0 Å². The number of rotatable bonds is 4. The highest BCUT2D eigenvalue weighted by Crippen LogP contribution is 2.32. The Bertz CT molecular complexity index is 688. The van der Waals surface area contributed by atoms with Crippen molar-refractivity contribution in [3.8, 4) is 0 Å². The van der Waals surface area contributed by atoms with Gasteiger partial charge >= 0.3 is 12.1 Å². The van der Waals surface area contributed by atoms with E-state index in [9.17, 15) is 18.0 Å². The highest BCUT2D eigenvalue weighted by atomic mass is 35.5. The number of thiazole rings is 1. The first-order valence-electron chi connectivity index (χ1n) is 5.95. The molecule has 9 heteroatoms. The number of hydrogen-bond donors (Lipinski definition) is 1. The van der Waals surface area contributed by atoms with E-state index in [1.807, 2.05) is 0 Å². The predicted octanol–water partition coefficient (Wildman–Crippen LogP) is 4.21. The van der Waals surface area contributed by atoms with Crippen molar-refractivity contribution in [1.29, 1.82) is 0 Å². The SMILES string of the molecule is COC(=O)c1ccc(C(F)(F)F)cc1NCc1cnc(Cl)s1. The van der Waals surface area contributed by atoms with Crippen LogP contribution >= 0.6 is 22.9 Å². The minimum atomic E-state index is -4.50. The standard InChI is InChI=1S/C13H10ClF3N2O2S/c1-21-11(20)9-3-2-7(13(15,16)17)4-10(9)18-5-8-6-19-12(14)22-8/h2-4,6,18H,5H2,1H3. The molecule has 2 rings (SSSR count). The first kappa shape index (κ1) is 16.6. The number of hydrogen-bond acceptors (Lipinski definition) is 5.